The van der Waals surface area contributed by atoms with Gasteiger partial charge in [-0.05, 0) is 13.0 Å². The average Bonchev–Trinajstić information content (AvgIpc) is 2.19. The lowest BCUT2D eigenvalue weighted by Crippen LogP contribution is -2.24. The number of allylic oxidation sites excluding steroid dienone is 1. The Morgan fingerprint density at radius 2 is 2.54 bits per heavy atom. The summed E-state index contributed by atoms with van der Waals surface area (Å²) in [6.45, 7) is 2.43. The van der Waals surface area contributed by atoms with E-state index in [1.807, 2.05) is 19.1 Å². The molecule has 1 aromatic heterocycles. The van der Waals surface area contributed by atoms with Gasteiger partial charge < -0.3 is 5.32 Å². The highest BCUT2D eigenvalue weighted by Crippen LogP contribution is 1.89. The van der Waals surface area contributed by atoms with Crippen LogP contribution >= 0.6 is 0 Å². The van der Waals surface area contributed by atoms with Gasteiger partial charge in [0, 0.05) is 12.7 Å². The number of hydrogen-bond acceptors (Lipinski definition) is 3. The number of nitrogens with one attached hydrogen (secondary N) is 1. The Labute approximate surface area is 76.7 Å². The highest BCUT2D eigenvalue weighted by Gasteiger charge is 2.02. The van der Waals surface area contributed by atoms with Crippen LogP contribution in [0, 0.1) is 0 Å². The second-order valence-corrected chi connectivity index (χ2v) is 2.37. The fourth-order valence-electron chi connectivity index (χ4n) is 0.785. The first-order valence-electron chi connectivity index (χ1n) is 4.00. The van der Waals surface area contributed by atoms with E-state index in [9.17, 15) is 4.79 Å². The summed E-state index contributed by atoms with van der Waals surface area (Å²) in [4.78, 5) is 18.8. The van der Waals surface area contributed by atoms with Crippen molar-refractivity contribution in [2.45, 2.75) is 6.92 Å². The number of hydrogen-bond donors (Lipinski definition) is 1. The average molecular weight is 177 g/mol. The maximum absolute atomic E-state index is 11.3. The van der Waals surface area contributed by atoms with Crippen LogP contribution < -0.4 is 5.32 Å². The molecule has 1 rings (SSSR count). The minimum atomic E-state index is -0.180. The summed E-state index contributed by atoms with van der Waals surface area (Å²) in [7, 11) is 0. The fourth-order valence-corrected chi connectivity index (χ4v) is 0.785. The lowest BCUT2D eigenvalue weighted by molar-refractivity contribution is 0.0953. The maximum Gasteiger partial charge on any atom is 0.270 e. The zero-order valence-corrected chi connectivity index (χ0v) is 7.40. The molecule has 1 aromatic rings. The second kappa shape index (κ2) is 5.03. The molecule has 1 amide bonds. The molecule has 1 N–H and O–H groups in total. The third kappa shape index (κ3) is 3.02. The molecule has 0 radical (unpaired) electrons. The van der Waals surface area contributed by atoms with Crippen LogP contribution in [0.4, 0.5) is 0 Å². The van der Waals surface area contributed by atoms with Crippen molar-refractivity contribution in [2.75, 3.05) is 6.54 Å². The van der Waals surface area contributed by atoms with Crippen LogP contribution in [0.5, 0.6) is 0 Å². The fraction of sp³-hybridized carbons (Fsp3) is 0.222. The Hall–Kier alpha value is -1.71. The van der Waals surface area contributed by atoms with Gasteiger partial charge in [-0.2, -0.15) is 0 Å². The van der Waals surface area contributed by atoms with Gasteiger partial charge in [0.15, 0.2) is 0 Å². The van der Waals surface area contributed by atoms with Crippen molar-refractivity contribution in [3.63, 3.8) is 0 Å². The predicted molar refractivity (Wildman–Crippen MR) is 49.2 cm³/mol. The quantitative estimate of drug-likeness (QED) is 0.694. The Bertz CT molecular complexity index is 295. The van der Waals surface area contributed by atoms with Gasteiger partial charge in [0.05, 0.1) is 0 Å². The number of amides is 1. The van der Waals surface area contributed by atoms with E-state index >= 15 is 0 Å². The lowest BCUT2D eigenvalue weighted by atomic mass is 10.4. The molecule has 0 bridgehead atoms. The first kappa shape index (κ1) is 9.38. The van der Waals surface area contributed by atoms with Crippen LogP contribution in [0.15, 0.2) is 30.7 Å². The van der Waals surface area contributed by atoms with Crippen molar-refractivity contribution in [3.05, 3.63) is 36.4 Å². The van der Waals surface area contributed by atoms with Crippen LogP contribution in [0.25, 0.3) is 0 Å². The van der Waals surface area contributed by atoms with E-state index in [1.165, 1.54) is 12.5 Å². The Morgan fingerprint density at radius 3 is 3.15 bits per heavy atom. The Kier molecular flexibility index (Phi) is 3.63. The van der Waals surface area contributed by atoms with Gasteiger partial charge in [0.2, 0.25) is 0 Å². The standard InChI is InChI=1S/C9H11N3O/c1-2-3-5-11-9(13)8-4-6-10-7-12-8/h2-4,6-7H,5H2,1H3,(H,11,13)/b3-2+. The van der Waals surface area contributed by atoms with E-state index in [0.29, 0.717) is 12.2 Å². The molecule has 0 aliphatic rings. The van der Waals surface area contributed by atoms with E-state index in [0.717, 1.165) is 0 Å². The number of carbonyl (C=O) groups excluding carboxylic acids is 1. The van der Waals surface area contributed by atoms with E-state index in [4.69, 9.17) is 0 Å². The monoisotopic (exact) mass is 177 g/mol. The van der Waals surface area contributed by atoms with Gasteiger partial charge in [-0.15, -0.1) is 0 Å². The molecule has 0 saturated heterocycles. The topological polar surface area (TPSA) is 54.9 Å². The molecule has 0 aliphatic heterocycles. The third-order valence-corrected chi connectivity index (χ3v) is 1.43. The van der Waals surface area contributed by atoms with Gasteiger partial charge in [-0.3, -0.25) is 4.79 Å². The van der Waals surface area contributed by atoms with Crippen LogP contribution in [-0.4, -0.2) is 22.4 Å². The lowest BCUT2D eigenvalue weighted by Gasteiger charge is -1.99. The molecule has 4 nitrogen and oxygen atoms in total. The van der Waals surface area contributed by atoms with Gasteiger partial charge in [-0.1, -0.05) is 12.2 Å². The van der Waals surface area contributed by atoms with Gasteiger partial charge in [0.1, 0.15) is 12.0 Å². The molecular formula is C9H11N3O. The minimum absolute atomic E-state index is 0.180. The molecule has 0 unspecified atom stereocenters. The molecular weight excluding hydrogens is 166 g/mol. The molecule has 0 aromatic carbocycles. The molecule has 0 saturated carbocycles. The summed E-state index contributed by atoms with van der Waals surface area (Å²) in [5.74, 6) is -0.180. The summed E-state index contributed by atoms with van der Waals surface area (Å²) in [5.41, 5.74) is 0.388. The van der Waals surface area contributed by atoms with Crippen LogP contribution in [0.2, 0.25) is 0 Å². The molecule has 0 spiro atoms. The molecule has 0 fully saturated rings. The zero-order chi connectivity index (χ0) is 9.52. The van der Waals surface area contributed by atoms with Crippen LogP contribution in [0.1, 0.15) is 17.4 Å². The molecule has 1 heterocycles. The first-order valence-corrected chi connectivity index (χ1v) is 4.00. The van der Waals surface area contributed by atoms with E-state index in [-0.39, 0.29) is 5.91 Å². The largest absolute Gasteiger partial charge is 0.347 e. The predicted octanol–water partition coefficient (Wildman–Crippen LogP) is 0.782. The summed E-state index contributed by atoms with van der Waals surface area (Å²) in [5, 5.41) is 2.68. The number of aromatic nitrogens is 2. The summed E-state index contributed by atoms with van der Waals surface area (Å²) < 4.78 is 0. The smallest absolute Gasteiger partial charge is 0.270 e. The van der Waals surface area contributed by atoms with E-state index in [1.54, 1.807) is 6.07 Å². The van der Waals surface area contributed by atoms with Crippen molar-refractivity contribution in [1.29, 1.82) is 0 Å². The highest BCUT2D eigenvalue weighted by molar-refractivity contribution is 5.92. The summed E-state index contributed by atoms with van der Waals surface area (Å²) >= 11 is 0. The van der Waals surface area contributed by atoms with Crippen molar-refractivity contribution in [2.24, 2.45) is 0 Å². The van der Waals surface area contributed by atoms with Crippen molar-refractivity contribution < 1.29 is 4.79 Å². The number of rotatable bonds is 3. The summed E-state index contributed by atoms with van der Waals surface area (Å²) in [6.07, 6.45) is 6.63. The normalized spacial score (nSPS) is 10.2. The van der Waals surface area contributed by atoms with Crippen molar-refractivity contribution in [1.82, 2.24) is 15.3 Å². The molecule has 0 atom stereocenters. The second-order valence-electron chi connectivity index (χ2n) is 2.37. The van der Waals surface area contributed by atoms with Crippen molar-refractivity contribution >= 4 is 5.91 Å². The molecule has 13 heavy (non-hydrogen) atoms. The van der Waals surface area contributed by atoms with Crippen LogP contribution in [0.3, 0.4) is 0 Å². The summed E-state index contributed by atoms with van der Waals surface area (Å²) in [6, 6.07) is 1.57. The molecule has 0 aliphatic carbocycles. The Morgan fingerprint density at radius 1 is 1.69 bits per heavy atom. The Balaban J connectivity index is 2.49. The molecule has 4 heteroatoms. The zero-order valence-electron chi connectivity index (χ0n) is 7.40. The molecule has 68 valence electrons. The van der Waals surface area contributed by atoms with Gasteiger partial charge in [0.25, 0.3) is 5.91 Å². The maximum atomic E-state index is 11.3. The van der Waals surface area contributed by atoms with Crippen molar-refractivity contribution in [3.8, 4) is 0 Å². The third-order valence-electron chi connectivity index (χ3n) is 1.43. The van der Waals surface area contributed by atoms with E-state index < -0.39 is 0 Å². The SMILES string of the molecule is C/C=C/CNC(=O)c1ccncn1. The first-order chi connectivity index (χ1) is 6.34. The van der Waals surface area contributed by atoms with E-state index in [2.05, 4.69) is 15.3 Å². The van der Waals surface area contributed by atoms with Crippen LogP contribution in [-0.2, 0) is 0 Å². The highest BCUT2D eigenvalue weighted by atomic mass is 16.1. The minimum Gasteiger partial charge on any atom is -0.347 e. The number of carbonyl (C=O) groups is 1. The van der Waals surface area contributed by atoms with Gasteiger partial charge in [-0.25, -0.2) is 9.97 Å². The van der Waals surface area contributed by atoms with Gasteiger partial charge >= 0.3 is 0 Å². The number of nitrogens with zero attached hydrogens (tertiary/aromatic N) is 2.